The normalized spacial score (nSPS) is 10.9. The number of nitrogens with zero attached hydrogens (tertiary/aromatic N) is 1. The maximum Gasteiger partial charge on any atom is 0.417 e. The monoisotopic (exact) mass is 312 g/mol. The molecule has 116 valence electrons. The molecule has 0 atom stereocenters. The molecule has 0 spiro atoms. The molecule has 22 heavy (non-hydrogen) atoms. The molecule has 0 aliphatic heterocycles. The summed E-state index contributed by atoms with van der Waals surface area (Å²) in [7, 11) is 1.43. The van der Waals surface area contributed by atoms with Gasteiger partial charge in [-0.1, -0.05) is 0 Å². The smallest absolute Gasteiger partial charge is 0.417 e. The number of hydrogen-bond acceptors (Lipinski definition) is 4. The molecule has 0 bridgehead atoms. The van der Waals surface area contributed by atoms with Gasteiger partial charge in [-0.2, -0.15) is 13.2 Å². The second-order valence-corrected chi connectivity index (χ2v) is 4.10. The largest absolute Gasteiger partial charge is 0.439 e. The van der Waals surface area contributed by atoms with Crippen molar-refractivity contribution in [2.75, 3.05) is 7.05 Å². The van der Waals surface area contributed by atoms with E-state index in [1.807, 2.05) is 0 Å². The Bertz CT molecular complexity index is 640. The number of benzene rings is 1. The van der Waals surface area contributed by atoms with Gasteiger partial charge in [-0.05, 0) is 30.3 Å². The Balaban J connectivity index is 2.03. The summed E-state index contributed by atoms with van der Waals surface area (Å²) in [5, 5.41) is 2.29. The van der Waals surface area contributed by atoms with Crippen molar-refractivity contribution in [3.05, 3.63) is 48.2 Å². The lowest BCUT2D eigenvalue weighted by Gasteiger charge is -2.08. The van der Waals surface area contributed by atoms with Crippen LogP contribution in [0.3, 0.4) is 0 Å². The van der Waals surface area contributed by atoms with Crippen LogP contribution in [0.25, 0.3) is 0 Å². The van der Waals surface area contributed by atoms with Gasteiger partial charge in [0.2, 0.25) is 5.88 Å². The number of rotatable bonds is 3. The number of pyridine rings is 1. The van der Waals surface area contributed by atoms with E-state index in [-0.39, 0.29) is 5.88 Å². The predicted molar refractivity (Wildman–Crippen MR) is 70.8 cm³/mol. The summed E-state index contributed by atoms with van der Waals surface area (Å²) in [4.78, 5) is 14.6. The molecule has 1 amide bonds. The van der Waals surface area contributed by atoms with Crippen LogP contribution < -0.4 is 14.8 Å². The average molecular weight is 312 g/mol. The van der Waals surface area contributed by atoms with E-state index in [0.717, 1.165) is 12.1 Å². The lowest BCUT2D eigenvalue weighted by atomic mass is 10.3. The first-order chi connectivity index (χ1) is 10.4. The van der Waals surface area contributed by atoms with Crippen molar-refractivity contribution in [3.63, 3.8) is 0 Å². The zero-order valence-corrected chi connectivity index (χ0v) is 11.3. The van der Waals surface area contributed by atoms with Crippen LogP contribution in [0.5, 0.6) is 17.4 Å². The van der Waals surface area contributed by atoms with E-state index in [0.29, 0.717) is 17.7 Å². The molecule has 0 saturated heterocycles. The van der Waals surface area contributed by atoms with Gasteiger partial charge in [-0.25, -0.2) is 9.78 Å². The SMILES string of the molecule is CNC(=O)Oc1ccc(Oc2ccc(C(F)(F)F)cn2)cc1. The molecular weight excluding hydrogens is 301 g/mol. The summed E-state index contributed by atoms with van der Waals surface area (Å²) >= 11 is 0. The van der Waals surface area contributed by atoms with Crippen LogP contribution >= 0.6 is 0 Å². The van der Waals surface area contributed by atoms with Gasteiger partial charge in [0.25, 0.3) is 0 Å². The Morgan fingerprint density at radius 3 is 2.23 bits per heavy atom. The third-order valence-corrected chi connectivity index (χ3v) is 2.52. The Morgan fingerprint density at radius 1 is 1.09 bits per heavy atom. The highest BCUT2D eigenvalue weighted by Crippen LogP contribution is 2.30. The molecule has 0 aliphatic carbocycles. The van der Waals surface area contributed by atoms with Crippen molar-refractivity contribution < 1.29 is 27.4 Å². The van der Waals surface area contributed by atoms with E-state index in [2.05, 4.69) is 10.3 Å². The van der Waals surface area contributed by atoms with Crippen molar-refractivity contribution in [3.8, 4) is 17.4 Å². The first kappa shape index (κ1) is 15.6. The molecular formula is C14H11F3N2O3. The molecule has 2 rings (SSSR count). The molecule has 1 heterocycles. The van der Waals surface area contributed by atoms with Gasteiger partial charge >= 0.3 is 12.3 Å². The topological polar surface area (TPSA) is 60.5 Å². The Morgan fingerprint density at radius 2 is 1.73 bits per heavy atom. The molecule has 0 aliphatic rings. The van der Waals surface area contributed by atoms with Crippen LogP contribution in [-0.4, -0.2) is 18.1 Å². The minimum Gasteiger partial charge on any atom is -0.439 e. The molecule has 0 fully saturated rings. The van der Waals surface area contributed by atoms with Crippen LogP contribution in [-0.2, 0) is 6.18 Å². The number of halogens is 3. The summed E-state index contributed by atoms with van der Waals surface area (Å²) in [5.41, 5.74) is -0.853. The molecule has 0 saturated carbocycles. The highest BCUT2D eigenvalue weighted by molar-refractivity contribution is 5.69. The number of carbonyl (C=O) groups is 1. The summed E-state index contributed by atoms with van der Waals surface area (Å²) < 4.78 is 47.4. The number of amides is 1. The van der Waals surface area contributed by atoms with E-state index in [4.69, 9.17) is 9.47 Å². The maximum atomic E-state index is 12.4. The van der Waals surface area contributed by atoms with Crippen molar-refractivity contribution in [2.45, 2.75) is 6.18 Å². The third kappa shape index (κ3) is 4.11. The first-order valence-corrected chi connectivity index (χ1v) is 6.09. The molecule has 1 aromatic heterocycles. The van der Waals surface area contributed by atoms with E-state index in [1.54, 1.807) is 0 Å². The fourth-order valence-electron chi connectivity index (χ4n) is 1.46. The molecule has 1 N–H and O–H groups in total. The van der Waals surface area contributed by atoms with Gasteiger partial charge in [0.1, 0.15) is 11.5 Å². The Labute approximate surface area is 123 Å². The molecule has 0 radical (unpaired) electrons. The number of nitrogens with one attached hydrogen (secondary N) is 1. The van der Waals surface area contributed by atoms with Crippen molar-refractivity contribution in [1.82, 2.24) is 10.3 Å². The summed E-state index contributed by atoms with van der Waals surface area (Å²) in [6.45, 7) is 0. The van der Waals surface area contributed by atoms with Crippen molar-refractivity contribution in [1.29, 1.82) is 0 Å². The second-order valence-electron chi connectivity index (χ2n) is 4.10. The fourth-order valence-corrected chi connectivity index (χ4v) is 1.46. The molecule has 0 unspecified atom stereocenters. The van der Waals surface area contributed by atoms with Gasteiger partial charge in [-0.3, -0.25) is 0 Å². The van der Waals surface area contributed by atoms with Gasteiger partial charge in [-0.15, -0.1) is 0 Å². The third-order valence-electron chi connectivity index (χ3n) is 2.52. The fraction of sp³-hybridized carbons (Fsp3) is 0.143. The van der Waals surface area contributed by atoms with Gasteiger partial charge in [0.15, 0.2) is 0 Å². The van der Waals surface area contributed by atoms with Crippen molar-refractivity contribution in [2.24, 2.45) is 0 Å². The minimum atomic E-state index is -4.44. The van der Waals surface area contributed by atoms with Gasteiger partial charge in [0, 0.05) is 19.3 Å². The molecule has 5 nitrogen and oxygen atoms in total. The van der Waals surface area contributed by atoms with Crippen LogP contribution in [0, 0.1) is 0 Å². The summed E-state index contributed by atoms with van der Waals surface area (Å²) in [6, 6.07) is 7.96. The number of carbonyl (C=O) groups excluding carboxylic acids is 1. The Kier molecular flexibility index (Phi) is 4.50. The molecule has 2 aromatic rings. The predicted octanol–water partition coefficient (Wildman–Crippen LogP) is 3.61. The highest BCUT2D eigenvalue weighted by atomic mass is 19.4. The number of aromatic nitrogens is 1. The van der Waals surface area contributed by atoms with Crippen LogP contribution in [0.4, 0.5) is 18.0 Å². The first-order valence-electron chi connectivity index (χ1n) is 6.09. The minimum absolute atomic E-state index is 0.0213. The number of hydrogen-bond donors (Lipinski definition) is 1. The standard InChI is InChI=1S/C14H11F3N2O3/c1-18-13(20)22-11-5-3-10(4-6-11)21-12-7-2-9(8-19-12)14(15,16)17/h2-8H,1H3,(H,18,20). The summed E-state index contributed by atoms with van der Waals surface area (Å²) in [5.74, 6) is 0.663. The Hall–Kier alpha value is -2.77. The van der Waals surface area contributed by atoms with Crippen LogP contribution in [0.2, 0.25) is 0 Å². The zero-order chi connectivity index (χ0) is 16.2. The van der Waals surface area contributed by atoms with Crippen LogP contribution in [0.1, 0.15) is 5.56 Å². The van der Waals surface area contributed by atoms with Gasteiger partial charge < -0.3 is 14.8 Å². The lowest BCUT2D eigenvalue weighted by molar-refractivity contribution is -0.137. The van der Waals surface area contributed by atoms with E-state index in [1.165, 1.54) is 31.3 Å². The second kappa shape index (κ2) is 6.33. The quantitative estimate of drug-likeness (QED) is 0.940. The average Bonchev–Trinajstić information content (AvgIpc) is 2.49. The van der Waals surface area contributed by atoms with E-state index >= 15 is 0 Å². The number of ether oxygens (including phenoxy) is 2. The highest BCUT2D eigenvalue weighted by Gasteiger charge is 2.30. The molecule has 8 heteroatoms. The van der Waals surface area contributed by atoms with E-state index < -0.39 is 17.8 Å². The van der Waals surface area contributed by atoms with Gasteiger partial charge in [0.05, 0.1) is 5.56 Å². The summed E-state index contributed by atoms with van der Waals surface area (Å²) in [6.07, 6.45) is -4.36. The van der Waals surface area contributed by atoms with E-state index in [9.17, 15) is 18.0 Å². The lowest BCUT2D eigenvalue weighted by Crippen LogP contribution is -2.21. The van der Waals surface area contributed by atoms with Crippen molar-refractivity contribution >= 4 is 6.09 Å². The number of alkyl halides is 3. The van der Waals surface area contributed by atoms with Crippen LogP contribution in [0.15, 0.2) is 42.6 Å². The zero-order valence-electron chi connectivity index (χ0n) is 11.3. The molecule has 1 aromatic carbocycles. The maximum absolute atomic E-state index is 12.4.